The first-order valence-corrected chi connectivity index (χ1v) is 10.2. The minimum Gasteiger partial charge on any atom is -0.456 e. The van der Waals surface area contributed by atoms with Gasteiger partial charge in [0.15, 0.2) is 0 Å². The molecule has 2 fully saturated rings. The lowest BCUT2D eigenvalue weighted by Crippen LogP contribution is -2.42. The minimum absolute atomic E-state index is 0.252. The van der Waals surface area contributed by atoms with Crippen LogP contribution < -0.4 is 0 Å². The highest BCUT2D eigenvalue weighted by molar-refractivity contribution is 5.82. The summed E-state index contributed by atoms with van der Waals surface area (Å²) in [4.78, 5) is 24.2. The number of carbonyl (C=O) groups excluding carboxylic acids is 2. The van der Waals surface area contributed by atoms with Gasteiger partial charge in [0.25, 0.3) is 0 Å². The van der Waals surface area contributed by atoms with Gasteiger partial charge in [0, 0.05) is 12.2 Å². The summed E-state index contributed by atoms with van der Waals surface area (Å²) in [6, 6.07) is 0. The van der Waals surface area contributed by atoms with Crippen LogP contribution in [0.5, 0.6) is 0 Å². The van der Waals surface area contributed by atoms with Crippen molar-refractivity contribution in [2.75, 3.05) is 0 Å². The molecule has 0 heterocycles. The van der Waals surface area contributed by atoms with Crippen LogP contribution in [0, 0.1) is 0 Å². The third kappa shape index (κ3) is 6.00. The number of esters is 2. The molecule has 2 aliphatic rings. The van der Waals surface area contributed by atoms with Crippen molar-refractivity contribution in [3.8, 4) is 0 Å². The maximum absolute atomic E-state index is 12.1. The zero-order valence-corrected chi connectivity index (χ0v) is 16.4. The van der Waals surface area contributed by atoms with Crippen LogP contribution in [-0.2, 0) is 19.1 Å². The number of rotatable bonds is 7. The molecule has 2 rings (SSSR count). The van der Waals surface area contributed by atoms with Crippen molar-refractivity contribution < 1.29 is 19.1 Å². The van der Waals surface area contributed by atoms with E-state index in [0.29, 0.717) is 0 Å². The van der Waals surface area contributed by atoms with Crippen LogP contribution >= 0.6 is 0 Å². The summed E-state index contributed by atoms with van der Waals surface area (Å²) in [7, 11) is 0. The van der Waals surface area contributed by atoms with Crippen molar-refractivity contribution in [1.29, 1.82) is 0 Å². The fraction of sp³-hybridized carbons (Fsp3) is 0.727. The van der Waals surface area contributed by atoms with E-state index in [1.807, 2.05) is 13.8 Å². The Morgan fingerprint density at radius 1 is 0.692 bits per heavy atom. The first-order chi connectivity index (χ1) is 12.5. The fourth-order valence-electron chi connectivity index (χ4n) is 4.42. The molecule has 146 valence electrons. The molecule has 4 nitrogen and oxygen atoms in total. The predicted molar refractivity (Wildman–Crippen MR) is 103 cm³/mol. The molecule has 0 bridgehead atoms. The van der Waals surface area contributed by atoms with Crippen molar-refractivity contribution in [2.24, 2.45) is 0 Å². The monoisotopic (exact) mass is 362 g/mol. The molecule has 4 heteroatoms. The molecular formula is C22H34O4. The number of ether oxygens (including phenoxy) is 2. The molecule has 2 saturated carbocycles. The van der Waals surface area contributed by atoms with Crippen molar-refractivity contribution in [1.82, 2.24) is 0 Å². The van der Waals surface area contributed by atoms with E-state index < -0.39 is 11.2 Å². The maximum atomic E-state index is 12.1. The van der Waals surface area contributed by atoms with Crippen LogP contribution in [0.4, 0.5) is 0 Å². The summed E-state index contributed by atoms with van der Waals surface area (Å²) in [6.07, 6.45) is 18.4. The highest BCUT2D eigenvalue weighted by Gasteiger charge is 2.41. The molecule has 0 aromatic carbocycles. The van der Waals surface area contributed by atoms with E-state index in [-0.39, 0.29) is 11.9 Å². The average Bonchev–Trinajstić information content (AvgIpc) is 2.62. The molecule has 0 aromatic heterocycles. The molecule has 0 radical (unpaired) electrons. The highest BCUT2D eigenvalue weighted by atomic mass is 16.6. The number of allylic oxidation sites excluding steroid dienone is 2. The van der Waals surface area contributed by atoms with E-state index in [0.717, 1.165) is 64.2 Å². The Hall–Kier alpha value is -1.58. The first kappa shape index (κ1) is 20.7. The van der Waals surface area contributed by atoms with Gasteiger partial charge in [-0.15, -0.1) is 0 Å². The fourth-order valence-corrected chi connectivity index (χ4v) is 4.42. The van der Waals surface area contributed by atoms with Crippen LogP contribution in [0.15, 0.2) is 24.3 Å². The lowest BCUT2D eigenvalue weighted by Gasteiger charge is -2.42. The summed E-state index contributed by atoms with van der Waals surface area (Å²) in [6.45, 7) is 3.65. The average molecular weight is 363 g/mol. The number of hydrogen-bond acceptors (Lipinski definition) is 4. The molecule has 0 saturated heterocycles. The second kappa shape index (κ2) is 9.94. The first-order valence-electron chi connectivity index (χ1n) is 10.2. The van der Waals surface area contributed by atoms with Crippen LogP contribution in [0.1, 0.15) is 90.9 Å². The Kier molecular flexibility index (Phi) is 7.92. The molecule has 26 heavy (non-hydrogen) atoms. The molecule has 0 aliphatic heterocycles. The zero-order chi connectivity index (χ0) is 18.9. The van der Waals surface area contributed by atoms with Crippen molar-refractivity contribution in [3.63, 3.8) is 0 Å². The summed E-state index contributed by atoms with van der Waals surface area (Å²) < 4.78 is 11.9. The Labute approximate surface area is 158 Å². The topological polar surface area (TPSA) is 52.6 Å². The van der Waals surface area contributed by atoms with Crippen LogP contribution in [0.25, 0.3) is 0 Å². The Morgan fingerprint density at radius 3 is 1.35 bits per heavy atom. The van der Waals surface area contributed by atoms with Gasteiger partial charge in [-0.25, -0.2) is 9.59 Å². The van der Waals surface area contributed by atoms with E-state index in [1.54, 1.807) is 12.2 Å². The number of carbonyl (C=O) groups is 2. The van der Waals surface area contributed by atoms with E-state index in [9.17, 15) is 9.59 Å². The summed E-state index contributed by atoms with van der Waals surface area (Å²) >= 11 is 0. The molecule has 0 spiro atoms. The van der Waals surface area contributed by atoms with Crippen molar-refractivity contribution >= 4 is 11.9 Å². The van der Waals surface area contributed by atoms with E-state index in [2.05, 4.69) is 0 Å². The smallest absolute Gasteiger partial charge is 0.330 e. The third-order valence-corrected chi connectivity index (χ3v) is 5.81. The van der Waals surface area contributed by atoms with E-state index in [4.69, 9.17) is 9.47 Å². The lowest BCUT2D eigenvalue weighted by atomic mass is 9.75. The standard InChI is InChI=1S/C22H34O4/c1-3-11-19(23)25-21(13-7-5-8-14-21)17-18-22(15-9-6-10-16-22)26-20(24)12-4-2/h3-4,11-12H,5-10,13-18H2,1-2H3/b11-3+,12-4+. The van der Waals surface area contributed by atoms with Crippen molar-refractivity contribution in [2.45, 2.75) is 102 Å². The predicted octanol–water partition coefficient (Wildman–Crippen LogP) is 5.41. The second-order valence-corrected chi connectivity index (χ2v) is 7.83. The van der Waals surface area contributed by atoms with Gasteiger partial charge < -0.3 is 9.47 Å². The molecule has 0 amide bonds. The van der Waals surface area contributed by atoms with Gasteiger partial charge >= 0.3 is 11.9 Å². The van der Waals surface area contributed by atoms with Crippen LogP contribution in [-0.4, -0.2) is 23.1 Å². The van der Waals surface area contributed by atoms with Gasteiger partial charge in [-0.3, -0.25) is 0 Å². The molecular weight excluding hydrogens is 328 g/mol. The van der Waals surface area contributed by atoms with Crippen molar-refractivity contribution in [3.05, 3.63) is 24.3 Å². The Bertz CT molecular complexity index is 472. The highest BCUT2D eigenvalue weighted by Crippen LogP contribution is 2.42. The largest absolute Gasteiger partial charge is 0.456 e. The molecule has 0 unspecified atom stereocenters. The zero-order valence-electron chi connectivity index (χ0n) is 16.4. The Balaban J connectivity index is 2.09. The van der Waals surface area contributed by atoms with Gasteiger partial charge in [-0.05, 0) is 78.1 Å². The molecule has 2 aliphatic carbocycles. The van der Waals surface area contributed by atoms with Crippen LogP contribution in [0.3, 0.4) is 0 Å². The van der Waals surface area contributed by atoms with Gasteiger partial charge in [-0.2, -0.15) is 0 Å². The molecule has 0 atom stereocenters. The second-order valence-electron chi connectivity index (χ2n) is 7.83. The third-order valence-electron chi connectivity index (χ3n) is 5.81. The summed E-state index contributed by atoms with van der Waals surface area (Å²) in [5.41, 5.74) is -0.793. The SMILES string of the molecule is C/C=C/C(=O)OC1(CCC2(OC(=O)/C=C/C)CCCCC2)CCCCC1. The minimum atomic E-state index is -0.397. The quantitative estimate of drug-likeness (QED) is 0.449. The summed E-state index contributed by atoms with van der Waals surface area (Å²) in [5.74, 6) is -0.504. The molecule has 0 N–H and O–H groups in total. The summed E-state index contributed by atoms with van der Waals surface area (Å²) in [5, 5.41) is 0. The van der Waals surface area contributed by atoms with E-state index >= 15 is 0 Å². The normalized spacial score (nSPS) is 22.4. The van der Waals surface area contributed by atoms with Gasteiger partial charge in [0.1, 0.15) is 11.2 Å². The van der Waals surface area contributed by atoms with Gasteiger partial charge in [0.05, 0.1) is 0 Å². The van der Waals surface area contributed by atoms with E-state index in [1.165, 1.54) is 25.0 Å². The van der Waals surface area contributed by atoms with Crippen LogP contribution in [0.2, 0.25) is 0 Å². The number of hydrogen-bond donors (Lipinski definition) is 0. The maximum Gasteiger partial charge on any atom is 0.330 e. The van der Waals surface area contributed by atoms with Gasteiger partial charge in [0.2, 0.25) is 0 Å². The van der Waals surface area contributed by atoms with Gasteiger partial charge in [-0.1, -0.05) is 25.0 Å². The lowest BCUT2D eigenvalue weighted by molar-refractivity contribution is -0.168. The molecule has 0 aromatic rings. The Morgan fingerprint density at radius 2 is 1.04 bits per heavy atom.